The molecule has 1 atom stereocenters. The van der Waals surface area contributed by atoms with Gasteiger partial charge < -0.3 is 10.1 Å². The number of pyridine rings is 1. The van der Waals surface area contributed by atoms with Crippen LogP contribution in [0.15, 0.2) is 36.7 Å². The van der Waals surface area contributed by atoms with E-state index in [1.165, 1.54) is 0 Å². The number of thiol groups is 1. The van der Waals surface area contributed by atoms with Gasteiger partial charge >= 0.3 is 0 Å². The molecule has 0 aliphatic rings. The number of aromatic nitrogens is 1. The van der Waals surface area contributed by atoms with Crippen LogP contribution in [-0.4, -0.2) is 16.9 Å². The molecule has 0 saturated heterocycles. The standard InChI is InChI=1S/C10H14N2OS/c1-9(14)11-7-4-8-13-10-5-2-3-6-12-10/h2-6,8-9,11,14H,7H2,1H3. The van der Waals surface area contributed by atoms with Crippen LogP contribution in [0.3, 0.4) is 0 Å². The van der Waals surface area contributed by atoms with Gasteiger partial charge in [-0.25, -0.2) is 4.98 Å². The SMILES string of the molecule is CC(S)NCC=COc1ccccn1. The average molecular weight is 210 g/mol. The molecule has 0 saturated carbocycles. The van der Waals surface area contributed by atoms with Crippen LogP contribution in [0.5, 0.6) is 5.88 Å². The first-order chi connectivity index (χ1) is 6.79. The van der Waals surface area contributed by atoms with Crippen molar-refractivity contribution in [2.45, 2.75) is 12.3 Å². The van der Waals surface area contributed by atoms with Gasteiger partial charge in [0.05, 0.1) is 6.26 Å². The predicted octanol–water partition coefficient (Wildman–Crippen LogP) is 1.84. The molecule has 1 aromatic rings. The third-order valence-electron chi connectivity index (χ3n) is 1.45. The second kappa shape index (κ2) is 6.45. The van der Waals surface area contributed by atoms with Gasteiger partial charge in [-0.2, -0.15) is 12.6 Å². The Hall–Kier alpha value is -1.00. The van der Waals surface area contributed by atoms with Crippen LogP contribution < -0.4 is 10.1 Å². The van der Waals surface area contributed by atoms with Crippen LogP contribution in [0.25, 0.3) is 0 Å². The van der Waals surface area contributed by atoms with E-state index in [-0.39, 0.29) is 5.37 Å². The average Bonchev–Trinajstić information content (AvgIpc) is 2.18. The molecule has 0 aliphatic heterocycles. The molecule has 1 unspecified atom stereocenters. The zero-order valence-electron chi connectivity index (χ0n) is 8.05. The summed E-state index contributed by atoms with van der Waals surface area (Å²) in [5.41, 5.74) is 0. The topological polar surface area (TPSA) is 34.1 Å². The Balaban J connectivity index is 2.21. The zero-order chi connectivity index (χ0) is 10.2. The lowest BCUT2D eigenvalue weighted by Crippen LogP contribution is -2.20. The summed E-state index contributed by atoms with van der Waals surface area (Å²) in [4.78, 5) is 4.00. The van der Waals surface area contributed by atoms with E-state index in [4.69, 9.17) is 4.74 Å². The van der Waals surface area contributed by atoms with Crippen molar-refractivity contribution in [3.63, 3.8) is 0 Å². The smallest absolute Gasteiger partial charge is 0.218 e. The summed E-state index contributed by atoms with van der Waals surface area (Å²) < 4.78 is 5.23. The fraction of sp³-hybridized carbons (Fsp3) is 0.300. The Morgan fingerprint density at radius 3 is 3.14 bits per heavy atom. The van der Waals surface area contributed by atoms with Crippen LogP contribution in [0.1, 0.15) is 6.92 Å². The largest absolute Gasteiger partial charge is 0.447 e. The molecule has 1 rings (SSSR count). The number of hydrogen-bond acceptors (Lipinski definition) is 4. The Morgan fingerprint density at radius 1 is 1.64 bits per heavy atom. The van der Waals surface area contributed by atoms with Gasteiger partial charge in [0.1, 0.15) is 0 Å². The van der Waals surface area contributed by atoms with Gasteiger partial charge in [0.2, 0.25) is 5.88 Å². The highest BCUT2D eigenvalue weighted by Crippen LogP contribution is 2.02. The molecule has 0 aromatic carbocycles. The van der Waals surface area contributed by atoms with Crippen molar-refractivity contribution in [1.82, 2.24) is 10.3 Å². The molecule has 14 heavy (non-hydrogen) atoms. The highest BCUT2D eigenvalue weighted by molar-refractivity contribution is 7.80. The molecule has 0 radical (unpaired) electrons. The molecule has 0 spiro atoms. The van der Waals surface area contributed by atoms with Gasteiger partial charge in [-0.1, -0.05) is 6.07 Å². The van der Waals surface area contributed by atoms with E-state index >= 15 is 0 Å². The van der Waals surface area contributed by atoms with E-state index in [1.54, 1.807) is 18.5 Å². The maximum atomic E-state index is 5.23. The summed E-state index contributed by atoms with van der Waals surface area (Å²) in [7, 11) is 0. The lowest BCUT2D eigenvalue weighted by molar-refractivity contribution is 0.459. The van der Waals surface area contributed by atoms with Crippen molar-refractivity contribution in [3.8, 4) is 5.88 Å². The minimum atomic E-state index is 0.189. The molecule has 0 aliphatic carbocycles. The first-order valence-corrected chi connectivity index (χ1v) is 4.95. The molecule has 0 bridgehead atoms. The number of hydrogen-bond donors (Lipinski definition) is 2. The fourth-order valence-electron chi connectivity index (χ4n) is 0.821. The fourth-order valence-corrected chi connectivity index (χ4v) is 0.927. The van der Waals surface area contributed by atoms with Gasteiger partial charge in [-0.3, -0.25) is 0 Å². The number of nitrogens with zero attached hydrogens (tertiary/aromatic N) is 1. The molecule has 0 fully saturated rings. The Morgan fingerprint density at radius 2 is 2.50 bits per heavy atom. The van der Waals surface area contributed by atoms with Gasteiger partial charge in [0.15, 0.2) is 0 Å². The first kappa shape index (κ1) is 11.1. The quantitative estimate of drug-likeness (QED) is 0.442. The third kappa shape index (κ3) is 4.89. The highest BCUT2D eigenvalue weighted by Gasteiger charge is 1.89. The van der Waals surface area contributed by atoms with Crippen molar-refractivity contribution in [3.05, 3.63) is 36.7 Å². The third-order valence-corrected chi connectivity index (χ3v) is 1.64. The van der Waals surface area contributed by atoms with E-state index in [9.17, 15) is 0 Å². The van der Waals surface area contributed by atoms with Crippen LogP contribution in [0.2, 0.25) is 0 Å². The lowest BCUT2D eigenvalue weighted by atomic mass is 10.5. The maximum absolute atomic E-state index is 5.23. The molecule has 1 aromatic heterocycles. The molecular formula is C10H14N2OS. The summed E-state index contributed by atoms with van der Waals surface area (Å²) in [5.74, 6) is 0.600. The second-order valence-corrected chi connectivity index (χ2v) is 3.52. The van der Waals surface area contributed by atoms with E-state index in [0.717, 1.165) is 6.54 Å². The molecule has 1 heterocycles. The summed E-state index contributed by atoms with van der Waals surface area (Å²) in [6.07, 6.45) is 5.18. The summed E-state index contributed by atoms with van der Waals surface area (Å²) in [6, 6.07) is 5.53. The van der Waals surface area contributed by atoms with Gasteiger partial charge in [0.25, 0.3) is 0 Å². The van der Waals surface area contributed by atoms with E-state index < -0.39 is 0 Å². The van der Waals surface area contributed by atoms with Gasteiger partial charge in [-0.05, 0) is 19.1 Å². The van der Waals surface area contributed by atoms with E-state index in [1.807, 2.05) is 25.1 Å². The van der Waals surface area contributed by atoms with Crippen molar-refractivity contribution in [2.75, 3.05) is 6.54 Å². The molecular weight excluding hydrogens is 196 g/mol. The summed E-state index contributed by atoms with van der Waals surface area (Å²) in [5, 5.41) is 3.30. The first-order valence-electron chi connectivity index (χ1n) is 4.43. The number of nitrogens with one attached hydrogen (secondary N) is 1. The van der Waals surface area contributed by atoms with Crippen molar-refractivity contribution in [1.29, 1.82) is 0 Å². The predicted molar refractivity (Wildman–Crippen MR) is 60.5 cm³/mol. The van der Waals surface area contributed by atoms with Crippen molar-refractivity contribution >= 4 is 12.6 Å². The number of rotatable bonds is 5. The minimum absolute atomic E-state index is 0.189. The minimum Gasteiger partial charge on any atom is -0.447 e. The van der Waals surface area contributed by atoms with Crippen LogP contribution in [0, 0.1) is 0 Å². The van der Waals surface area contributed by atoms with Crippen LogP contribution in [-0.2, 0) is 0 Å². The molecule has 4 heteroatoms. The molecule has 76 valence electrons. The Kier molecular flexibility index (Phi) is 5.11. The maximum Gasteiger partial charge on any atom is 0.218 e. The Labute approximate surface area is 89.6 Å². The second-order valence-electron chi connectivity index (χ2n) is 2.74. The van der Waals surface area contributed by atoms with Crippen molar-refractivity contribution < 1.29 is 4.74 Å². The highest BCUT2D eigenvalue weighted by atomic mass is 32.1. The normalized spacial score (nSPS) is 13.0. The Bertz CT molecular complexity index is 275. The molecule has 1 N–H and O–H groups in total. The molecule has 0 amide bonds. The van der Waals surface area contributed by atoms with E-state index in [2.05, 4.69) is 22.9 Å². The monoisotopic (exact) mass is 210 g/mol. The summed E-state index contributed by atoms with van der Waals surface area (Å²) >= 11 is 4.17. The van der Waals surface area contributed by atoms with Crippen LogP contribution >= 0.6 is 12.6 Å². The zero-order valence-corrected chi connectivity index (χ0v) is 8.95. The van der Waals surface area contributed by atoms with Crippen molar-refractivity contribution in [2.24, 2.45) is 0 Å². The lowest BCUT2D eigenvalue weighted by Gasteiger charge is -2.02. The number of ether oxygens (including phenoxy) is 1. The van der Waals surface area contributed by atoms with Crippen LogP contribution in [0.4, 0.5) is 0 Å². The molecule has 3 nitrogen and oxygen atoms in total. The summed E-state index contributed by atoms with van der Waals surface area (Å²) in [6.45, 7) is 2.70. The van der Waals surface area contributed by atoms with E-state index in [0.29, 0.717) is 5.88 Å². The van der Waals surface area contributed by atoms with Gasteiger partial charge in [0, 0.05) is 24.2 Å². The van der Waals surface area contributed by atoms with Gasteiger partial charge in [-0.15, -0.1) is 0 Å².